The average Bonchev–Trinajstić information content (AvgIpc) is 2.40. The summed E-state index contributed by atoms with van der Waals surface area (Å²) in [5, 5.41) is 13.4. The fourth-order valence-electron chi connectivity index (χ4n) is 2.22. The van der Waals surface area contributed by atoms with Crippen molar-refractivity contribution in [3.8, 4) is 0 Å². The molecule has 0 heterocycles. The minimum absolute atomic E-state index is 0.240. The molecule has 0 radical (unpaired) electrons. The molecule has 0 saturated carbocycles. The lowest BCUT2D eigenvalue weighted by molar-refractivity contribution is -0.139. The van der Waals surface area contributed by atoms with Crippen molar-refractivity contribution in [1.29, 1.82) is 0 Å². The van der Waals surface area contributed by atoms with Crippen LogP contribution in [0.1, 0.15) is 37.8 Å². The van der Waals surface area contributed by atoms with Crippen molar-refractivity contribution >= 4 is 5.97 Å². The van der Waals surface area contributed by atoms with Crippen LogP contribution < -0.4 is 5.32 Å². The lowest BCUT2D eigenvalue weighted by atomic mass is 10.00. The maximum atomic E-state index is 11.4. The average molecular weight is 279 g/mol. The zero-order valence-electron chi connectivity index (χ0n) is 12.6. The highest BCUT2D eigenvalue weighted by molar-refractivity contribution is 5.72. The molecule has 20 heavy (non-hydrogen) atoms. The third-order valence-electron chi connectivity index (χ3n) is 3.29. The predicted molar refractivity (Wildman–Crippen MR) is 79.4 cm³/mol. The van der Waals surface area contributed by atoms with Crippen LogP contribution in [-0.2, 0) is 22.5 Å². The number of esters is 1. The van der Waals surface area contributed by atoms with Gasteiger partial charge in [-0.25, -0.2) is 0 Å². The molecule has 0 aliphatic heterocycles. The summed E-state index contributed by atoms with van der Waals surface area (Å²) in [5.41, 5.74) is 1.33. The minimum Gasteiger partial charge on any atom is -0.469 e. The number of methoxy groups -OCH3 is 1. The molecule has 4 heteroatoms. The van der Waals surface area contributed by atoms with Crippen molar-refractivity contribution < 1.29 is 14.6 Å². The Labute approximate surface area is 121 Å². The number of hydrogen-bond acceptors (Lipinski definition) is 4. The standard InChI is InChI=1S/C16H25NO3/c1-4-9-16(2,19)12-17-11-14-8-6-5-7-13(14)10-15(18)20-3/h5-8,17,19H,4,9-12H2,1-3H3. The molecule has 1 aromatic carbocycles. The van der Waals surface area contributed by atoms with Gasteiger partial charge in [-0.1, -0.05) is 37.6 Å². The summed E-state index contributed by atoms with van der Waals surface area (Å²) >= 11 is 0. The maximum absolute atomic E-state index is 11.4. The van der Waals surface area contributed by atoms with Crippen molar-refractivity contribution in [2.45, 2.75) is 45.3 Å². The zero-order valence-corrected chi connectivity index (χ0v) is 12.6. The molecule has 1 atom stereocenters. The van der Waals surface area contributed by atoms with Gasteiger partial charge in [0.05, 0.1) is 19.1 Å². The number of ether oxygens (including phenoxy) is 1. The Balaban J connectivity index is 2.57. The van der Waals surface area contributed by atoms with Crippen LogP contribution in [0.2, 0.25) is 0 Å². The van der Waals surface area contributed by atoms with E-state index in [1.54, 1.807) is 0 Å². The Morgan fingerprint density at radius 2 is 2.00 bits per heavy atom. The fraction of sp³-hybridized carbons (Fsp3) is 0.562. The summed E-state index contributed by atoms with van der Waals surface area (Å²) in [6.45, 7) is 5.06. The van der Waals surface area contributed by atoms with Gasteiger partial charge in [-0.05, 0) is 24.5 Å². The quantitative estimate of drug-likeness (QED) is 0.715. The molecule has 2 N–H and O–H groups in total. The van der Waals surface area contributed by atoms with Gasteiger partial charge in [0.1, 0.15) is 0 Å². The van der Waals surface area contributed by atoms with Crippen LogP contribution in [0.3, 0.4) is 0 Å². The molecule has 0 saturated heterocycles. The van der Waals surface area contributed by atoms with Crippen molar-refractivity contribution in [3.05, 3.63) is 35.4 Å². The van der Waals surface area contributed by atoms with E-state index in [0.29, 0.717) is 13.1 Å². The zero-order chi connectivity index (χ0) is 15.0. The van der Waals surface area contributed by atoms with Crippen LogP contribution in [0.5, 0.6) is 0 Å². The smallest absolute Gasteiger partial charge is 0.309 e. The van der Waals surface area contributed by atoms with Gasteiger partial charge in [-0.2, -0.15) is 0 Å². The number of rotatable bonds is 8. The largest absolute Gasteiger partial charge is 0.469 e. The van der Waals surface area contributed by atoms with E-state index in [4.69, 9.17) is 4.74 Å². The van der Waals surface area contributed by atoms with E-state index in [9.17, 15) is 9.90 Å². The minimum atomic E-state index is -0.688. The van der Waals surface area contributed by atoms with Crippen molar-refractivity contribution in [2.75, 3.05) is 13.7 Å². The van der Waals surface area contributed by atoms with Crippen LogP contribution in [-0.4, -0.2) is 30.3 Å². The fourth-order valence-corrected chi connectivity index (χ4v) is 2.22. The monoisotopic (exact) mass is 279 g/mol. The Kier molecular flexibility index (Phi) is 6.68. The number of benzene rings is 1. The molecule has 0 aliphatic rings. The predicted octanol–water partition coefficient (Wildman–Crippen LogP) is 2.04. The number of carbonyl (C=O) groups is 1. The second-order valence-electron chi connectivity index (χ2n) is 5.37. The Morgan fingerprint density at radius 1 is 1.35 bits per heavy atom. The molecule has 1 unspecified atom stereocenters. The first-order valence-corrected chi connectivity index (χ1v) is 7.05. The SMILES string of the molecule is CCCC(C)(O)CNCc1ccccc1CC(=O)OC. The van der Waals surface area contributed by atoms with E-state index in [-0.39, 0.29) is 12.4 Å². The lowest BCUT2D eigenvalue weighted by Gasteiger charge is -2.23. The van der Waals surface area contributed by atoms with E-state index in [1.807, 2.05) is 31.2 Å². The van der Waals surface area contributed by atoms with Crippen molar-refractivity contribution in [1.82, 2.24) is 5.32 Å². The second-order valence-corrected chi connectivity index (χ2v) is 5.37. The molecule has 1 aromatic rings. The molecule has 4 nitrogen and oxygen atoms in total. The van der Waals surface area contributed by atoms with Crippen LogP contribution in [0, 0.1) is 0 Å². The van der Waals surface area contributed by atoms with E-state index in [0.717, 1.165) is 24.0 Å². The molecule has 0 aromatic heterocycles. The molecule has 0 fully saturated rings. The van der Waals surface area contributed by atoms with Gasteiger partial charge in [0.2, 0.25) is 0 Å². The highest BCUT2D eigenvalue weighted by atomic mass is 16.5. The first-order valence-electron chi connectivity index (χ1n) is 7.05. The summed E-state index contributed by atoms with van der Waals surface area (Å²) in [6.07, 6.45) is 2.00. The maximum Gasteiger partial charge on any atom is 0.309 e. The molecule has 0 spiro atoms. The van der Waals surface area contributed by atoms with Gasteiger partial charge >= 0.3 is 5.97 Å². The highest BCUT2D eigenvalue weighted by Crippen LogP contribution is 2.13. The first kappa shape index (κ1) is 16.7. The molecule has 0 bridgehead atoms. The summed E-state index contributed by atoms with van der Waals surface area (Å²) in [5.74, 6) is -0.240. The lowest BCUT2D eigenvalue weighted by Crippen LogP contribution is -2.37. The molecule has 0 aliphatic carbocycles. The van der Waals surface area contributed by atoms with Crippen molar-refractivity contribution in [2.24, 2.45) is 0 Å². The normalized spacial score (nSPS) is 13.8. The summed E-state index contributed by atoms with van der Waals surface area (Å²) < 4.78 is 4.70. The first-order chi connectivity index (χ1) is 9.48. The third kappa shape index (κ3) is 5.72. The van der Waals surface area contributed by atoms with Gasteiger partial charge in [-0.15, -0.1) is 0 Å². The van der Waals surface area contributed by atoms with Crippen LogP contribution in [0.25, 0.3) is 0 Å². The number of hydrogen-bond donors (Lipinski definition) is 2. The Hall–Kier alpha value is -1.39. The Bertz CT molecular complexity index is 429. The topological polar surface area (TPSA) is 58.6 Å². The molecule has 0 amide bonds. The van der Waals surface area contributed by atoms with Crippen LogP contribution in [0.4, 0.5) is 0 Å². The summed E-state index contributed by atoms with van der Waals surface area (Å²) in [6, 6.07) is 7.77. The molecular formula is C16H25NO3. The third-order valence-corrected chi connectivity index (χ3v) is 3.29. The van der Waals surface area contributed by atoms with E-state index in [1.165, 1.54) is 7.11 Å². The van der Waals surface area contributed by atoms with Gasteiger partial charge in [-0.3, -0.25) is 4.79 Å². The summed E-state index contributed by atoms with van der Waals surface area (Å²) in [4.78, 5) is 11.4. The Morgan fingerprint density at radius 3 is 2.60 bits per heavy atom. The number of carbonyl (C=O) groups excluding carboxylic acids is 1. The van der Waals surface area contributed by atoms with Gasteiger partial charge in [0, 0.05) is 13.1 Å². The second kappa shape index (κ2) is 8.02. The van der Waals surface area contributed by atoms with Gasteiger partial charge < -0.3 is 15.2 Å². The summed E-state index contributed by atoms with van der Waals surface area (Å²) in [7, 11) is 1.39. The number of aliphatic hydroxyl groups is 1. The van der Waals surface area contributed by atoms with Crippen LogP contribution in [0.15, 0.2) is 24.3 Å². The van der Waals surface area contributed by atoms with Crippen molar-refractivity contribution in [3.63, 3.8) is 0 Å². The van der Waals surface area contributed by atoms with Crippen LogP contribution >= 0.6 is 0 Å². The highest BCUT2D eigenvalue weighted by Gasteiger charge is 2.18. The molecule has 1 rings (SSSR count). The van der Waals surface area contributed by atoms with Gasteiger partial charge in [0.15, 0.2) is 0 Å². The molecule has 112 valence electrons. The van der Waals surface area contributed by atoms with E-state index < -0.39 is 5.60 Å². The number of nitrogens with one attached hydrogen (secondary N) is 1. The van der Waals surface area contributed by atoms with E-state index >= 15 is 0 Å². The van der Waals surface area contributed by atoms with Gasteiger partial charge in [0.25, 0.3) is 0 Å². The van der Waals surface area contributed by atoms with E-state index in [2.05, 4.69) is 12.2 Å². The molecular weight excluding hydrogens is 254 g/mol.